The first-order valence-electron chi connectivity index (χ1n) is 12.2. The van der Waals surface area contributed by atoms with E-state index < -0.39 is 59.0 Å². The lowest BCUT2D eigenvalue weighted by molar-refractivity contribution is -0.0572. The van der Waals surface area contributed by atoms with Gasteiger partial charge in [-0.3, -0.25) is 19.1 Å². The number of amides is 2. The van der Waals surface area contributed by atoms with Crippen LogP contribution in [-0.2, 0) is 4.74 Å². The maximum atomic E-state index is 13.7. The van der Waals surface area contributed by atoms with Gasteiger partial charge >= 0.3 is 11.8 Å². The van der Waals surface area contributed by atoms with Gasteiger partial charge in [-0.1, -0.05) is 0 Å². The van der Waals surface area contributed by atoms with Crippen LogP contribution in [0.2, 0.25) is 0 Å². The molecule has 2 aromatic rings. The van der Waals surface area contributed by atoms with E-state index in [4.69, 9.17) is 9.47 Å². The maximum absolute atomic E-state index is 13.7. The molecule has 1 saturated carbocycles. The predicted octanol–water partition coefficient (Wildman–Crippen LogP) is 0.825. The summed E-state index contributed by atoms with van der Waals surface area (Å²) in [5.74, 6) is -1.15. The zero-order valence-corrected chi connectivity index (χ0v) is 21.4. The van der Waals surface area contributed by atoms with E-state index in [1.165, 1.54) is 0 Å². The maximum Gasteiger partial charge on any atom is 0.407 e. The molecule has 1 heterocycles. The normalized spacial score (nSPS) is 21.4. The highest BCUT2D eigenvalue weighted by Crippen LogP contribution is 2.28. The van der Waals surface area contributed by atoms with E-state index in [0.29, 0.717) is 37.1 Å². The number of ether oxygens (including phenoxy) is 2. The third kappa shape index (κ3) is 7.65. The van der Waals surface area contributed by atoms with Crippen LogP contribution < -0.4 is 26.6 Å². The van der Waals surface area contributed by atoms with E-state index in [2.05, 4.69) is 10.6 Å². The average molecular weight is 537 g/mol. The predicted molar refractivity (Wildman–Crippen MR) is 134 cm³/mol. The Morgan fingerprint density at radius 1 is 1.13 bits per heavy atom. The fourth-order valence-electron chi connectivity index (χ4n) is 4.05. The molecule has 0 aliphatic heterocycles. The van der Waals surface area contributed by atoms with Crippen LogP contribution in [0.5, 0.6) is 5.75 Å². The summed E-state index contributed by atoms with van der Waals surface area (Å²) in [4.78, 5) is 49.4. The van der Waals surface area contributed by atoms with E-state index in [-0.39, 0.29) is 12.8 Å². The van der Waals surface area contributed by atoms with Gasteiger partial charge in [0.05, 0.1) is 24.9 Å². The number of nitrogens with zero attached hydrogens (tertiary/aromatic N) is 1. The molecule has 12 nitrogen and oxygen atoms in total. The number of aliphatic hydroxyl groups excluding tert-OH is 2. The molecular formula is C25H33FN4O8. The van der Waals surface area contributed by atoms with Crippen molar-refractivity contribution in [1.29, 1.82) is 0 Å². The van der Waals surface area contributed by atoms with Gasteiger partial charge in [-0.2, -0.15) is 4.39 Å². The Bertz CT molecular complexity index is 1240. The number of benzene rings is 1. The van der Waals surface area contributed by atoms with Crippen molar-refractivity contribution < 1.29 is 33.7 Å². The standard InChI is InChI=1S/C25H33FN4O8/c1-25(2,3)38-24(36)27-11-4-12-37-15-7-5-14(6-8-15)21(33)28-17-9-10-18(20(32)19(17)31)30-13-16(26)22(34)29-23(30)35/h5-8,13,17-20,31-32H,4,9-12H2,1-3H3,(H,27,36)(H,28,33)(H,29,34,35)/t17-,18-,19-,20-/m1/s1. The van der Waals surface area contributed by atoms with E-state index >= 15 is 0 Å². The third-order valence-corrected chi connectivity index (χ3v) is 5.90. The first-order valence-corrected chi connectivity index (χ1v) is 12.2. The zero-order valence-electron chi connectivity index (χ0n) is 21.4. The quantitative estimate of drug-likeness (QED) is 0.309. The molecule has 38 heavy (non-hydrogen) atoms. The molecular weight excluding hydrogens is 503 g/mol. The number of hydrogen-bond acceptors (Lipinski definition) is 8. The molecule has 0 radical (unpaired) electrons. The van der Waals surface area contributed by atoms with Crippen LogP contribution in [0.1, 0.15) is 56.4 Å². The second-order valence-electron chi connectivity index (χ2n) is 10.0. The van der Waals surface area contributed by atoms with E-state index in [9.17, 15) is 33.8 Å². The van der Waals surface area contributed by atoms with Crippen molar-refractivity contribution in [1.82, 2.24) is 20.2 Å². The Morgan fingerprint density at radius 2 is 1.82 bits per heavy atom. The lowest BCUT2D eigenvalue weighted by Crippen LogP contribution is -2.55. The molecule has 208 valence electrons. The molecule has 0 saturated heterocycles. The van der Waals surface area contributed by atoms with E-state index in [1.807, 2.05) is 4.98 Å². The molecule has 1 aliphatic carbocycles. The second-order valence-corrected chi connectivity index (χ2v) is 10.0. The van der Waals surface area contributed by atoms with E-state index in [0.717, 1.165) is 4.57 Å². The van der Waals surface area contributed by atoms with Crippen molar-refractivity contribution in [2.45, 2.75) is 69.9 Å². The van der Waals surface area contributed by atoms with Crippen LogP contribution >= 0.6 is 0 Å². The van der Waals surface area contributed by atoms with Crippen molar-refractivity contribution in [3.05, 3.63) is 62.7 Å². The summed E-state index contributed by atoms with van der Waals surface area (Å²) in [7, 11) is 0. The number of aromatic amines is 1. The first-order chi connectivity index (χ1) is 17.9. The molecule has 4 atom stereocenters. The van der Waals surface area contributed by atoms with Crippen LogP contribution in [0.3, 0.4) is 0 Å². The molecule has 2 amide bonds. The van der Waals surface area contributed by atoms with Crippen LogP contribution in [0, 0.1) is 5.82 Å². The largest absolute Gasteiger partial charge is 0.494 e. The summed E-state index contributed by atoms with van der Waals surface area (Å²) in [6, 6.07) is 4.50. The summed E-state index contributed by atoms with van der Waals surface area (Å²) in [5, 5.41) is 26.4. The Balaban J connectivity index is 1.47. The number of carbonyl (C=O) groups excluding carboxylic acids is 2. The third-order valence-electron chi connectivity index (χ3n) is 5.90. The molecule has 1 aliphatic rings. The summed E-state index contributed by atoms with van der Waals surface area (Å²) in [6.45, 7) is 6.03. The Hall–Kier alpha value is -3.71. The molecule has 0 spiro atoms. The molecule has 1 aromatic carbocycles. The fourth-order valence-corrected chi connectivity index (χ4v) is 4.05. The molecule has 1 aromatic heterocycles. The molecule has 0 unspecified atom stereocenters. The minimum absolute atomic E-state index is 0.143. The summed E-state index contributed by atoms with van der Waals surface area (Å²) >= 11 is 0. The molecule has 13 heteroatoms. The Morgan fingerprint density at radius 3 is 2.47 bits per heavy atom. The molecule has 1 fully saturated rings. The van der Waals surface area contributed by atoms with Crippen LogP contribution in [0.4, 0.5) is 9.18 Å². The highest BCUT2D eigenvalue weighted by Gasteiger charge is 2.39. The smallest absolute Gasteiger partial charge is 0.407 e. The monoisotopic (exact) mass is 536 g/mol. The number of alkyl carbamates (subject to hydrolysis) is 1. The van der Waals surface area contributed by atoms with Gasteiger partial charge in [-0.15, -0.1) is 0 Å². The van der Waals surface area contributed by atoms with Gasteiger partial charge in [0, 0.05) is 12.1 Å². The second kappa shape index (κ2) is 12.2. The summed E-state index contributed by atoms with van der Waals surface area (Å²) in [6.07, 6.45) is -1.85. The number of aliphatic hydroxyl groups is 2. The number of H-pyrrole nitrogens is 1. The van der Waals surface area contributed by atoms with E-state index in [1.54, 1.807) is 45.0 Å². The van der Waals surface area contributed by atoms with Gasteiger partial charge in [0.25, 0.3) is 11.5 Å². The number of hydrogen-bond donors (Lipinski definition) is 5. The highest BCUT2D eigenvalue weighted by atomic mass is 19.1. The van der Waals surface area contributed by atoms with Crippen molar-refractivity contribution in [2.75, 3.05) is 13.2 Å². The van der Waals surface area contributed by atoms with Gasteiger partial charge in [0.15, 0.2) is 0 Å². The summed E-state index contributed by atoms with van der Waals surface area (Å²) < 4.78 is 25.3. The van der Waals surface area contributed by atoms with Crippen LogP contribution in [-0.4, -0.2) is 68.8 Å². The van der Waals surface area contributed by atoms with Crippen molar-refractivity contribution >= 4 is 12.0 Å². The van der Waals surface area contributed by atoms with Gasteiger partial charge in [0.1, 0.15) is 23.6 Å². The van der Waals surface area contributed by atoms with Crippen LogP contribution in [0.25, 0.3) is 0 Å². The number of halogens is 1. The zero-order chi connectivity index (χ0) is 28.0. The molecule has 3 rings (SSSR count). The SMILES string of the molecule is CC(C)(C)OC(=O)NCCCOc1ccc(C(=O)N[C@@H]2CC[C@@H](n3cc(F)c(=O)[nH]c3=O)[C@@H](O)[C@@H]2O)cc1. The first kappa shape index (κ1) is 28.9. The lowest BCUT2D eigenvalue weighted by Gasteiger charge is -2.38. The fraction of sp³-hybridized carbons (Fsp3) is 0.520. The van der Waals surface area contributed by atoms with Crippen molar-refractivity contribution in [2.24, 2.45) is 0 Å². The minimum atomic E-state index is -1.49. The Labute approximate surface area is 217 Å². The number of nitrogens with one attached hydrogen (secondary N) is 3. The van der Waals surface area contributed by atoms with Gasteiger partial charge in [-0.05, 0) is 64.3 Å². The number of aromatic nitrogens is 2. The summed E-state index contributed by atoms with van der Waals surface area (Å²) in [5.41, 5.74) is -2.35. The highest BCUT2D eigenvalue weighted by molar-refractivity contribution is 5.94. The van der Waals surface area contributed by atoms with Crippen LogP contribution in [0.15, 0.2) is 40.1 Å². The van der Waals surface area contributed by atoms with Crippen molar-refractivity contribution in [3.8, 4) is 5.75 Å². The average Bonchev–Trinajstić information content (AvgIpc) is 2.84. The lowest BCUT2D eigenvalue weighted by atomic mass is 9.85. The topological polar surface area (TPSA) is 172 Å². The van der Waals surface area contributed by atoms with Crippen molar-refractivity contribution in [3.63, 3.8) is 0 Å². The van der Waals surface area contributed by atoms with Gasteiger partial charge in [0.2, 0.25) is 5.82 Å². The molecule has 0 bridgehead atoms. The Kier molecular flexibility index (Phi) is 9.28. The number of carbonyl (C=O) groups is 2. The molecule has 5 N–H and O–H groups in total. The minimum Gasteiger partial charge on any atom is -0.494 e. The van der Waals surface area contributed by atoms with Gasteiger partial charge in [-0.25, -0.2) is 9.59 Å². The van der Waals surface area contributed by atoms with Gasteiger partial charge < -0.3 is 30.3 Å². The number of rotatable bonds is 8.